The van der Waals surface area contributed by atoms with E-state index in [-0.39, 0.29) is 12.2 Å². The number of benzene rings is 1. The van der Waals surface area contributed by atoms with Gasteiger partial charge in [0.25, 0.3) is 0 Å². The van der Waals surface area contributed by atoms with E-state index in [2.05, 4.69) is 4.74 Å². The van der Waals surface area contributed by atoms with Gasteiger partial charge in [0, 0.05) is 11.4 Å². The van der Waals surface area contributed by atoms with Gasteiger partial charge in [-0.15, -0.1) is 0 Å². The zero-order valence-electron chi connectivity index (χ0n) is 8.54. The molecule has 0 bridgehead atoms. The molecule has 0 fully saturated rings. The summed E-state index contributed by atoms with van der Waals surface area (Å²) in [5.41, 5.74) is 0.985. The number of ether oxygens (including phenoxy) is 1. The van der Waals surface area contributed by atoms with E-state index in [0.717, 1.165) is 0 Å². The Hall–Kier alpha value is -1.35. The highest BCUT2D eigenvalue weighted by Crippen LogP contribution is 2.17. The van der Waals surface area contributed by atoms with Crippen molar-refractivity contribution in [2.75, 3.05) is 7.11 Å². The Kier molecular flexibility index (Phi) is 3.86. The Balaban J connectivity index is 3.13. The summed E-state index contributed by atoms with van der Waals surface area (Å²) < 4.78 is 4.61. The third kappa shape index (κ3) is 3.06. The van der Waals surface area contributed by atoms with Crippen LogP contribution in [0.5, 0.6) is 0 Å². The lowest BCUT2D eigenvalue weighted by molar-refractivity contribution is -0.116. The molecule has 1 rings (SSSR count). The number of ketones is 1. The summed E-state index contributed by atoms with van der Waals surface area (Å²) in [7, 11) is 1.30. The third-order valence-electron chi connectivity index (χ3n) is 1.91. The highest BCUT2D eigenvalue weighted by Gasteiger charge is 2.13. The van der Waals surface area contributed by atoms with Gasteiger partial charge in [-0.3, -0.25) is 4.79 Å². The monoisotopic (exact) mass is 226 g/mol. The molecule has 0 unspecified atom stereocenters. The molecule has 0 saturated heterocycles. The quantitative estimate of drug-likeness (QED) is 0.743. The molecule has 0 amide bonds. The van der Waals surface area contributed by atoms with E-state index in [9.17, 15) is 9.59 Å². The molecule has 15 heavy (non-hydrogen) atoms. The Morgan fingerprint density at radius 2 is 2.07 bits per heavy atom. The molecule has 1 aromatic rings. The van der Waals surface area contributed by atoms with Crippen molar-refractivity contribution in [1.29, 1.82) is 0 Å². The summed E-state index contributed by atoms with van der Waals surface area (Å²) in [6.07, 6.45) is 0.186. The minimum atomic E-state index is -0.456. The average molecular weight is 227 g/mol. The van der Waals surface area contributed by atoms with Crippen molar-refractivity contribution in [3.8, 4) is 0 Å². The van der Waals surface area contributed by atoms with E-state index in [0.29, 0.717) is 16.1 Å². The summed E-state index contributed by atoms with van der Waals surface area (Å²) in [6.45, 7) is 1.46. The van der Waals surface area contributed by atoms with E-state index < -0.39 is 5.97 Å². The Bertz CT molecular complexity index is 399. The van der Waals surface area contributed by atoms with Gasteiger partial charge in [-0.25, -0.2) is 4.79 Å². The van der Waals surface area contributed by atoms with Crippen LogP contribution in [0.4, 0.5) is 0 Å². The largest absolute Gasteiger partial charge is 0.465 e. The van der Waals surface area contributed by atoms with Gasteiger partial charge in [0.15, 0.2) is 0 Å². The van der Waals surface area contributed by atoms with Gasteiger partial charge >= 0.3 is 5.97 Å². The number of methoxy groups -OCH3 is 1. The van der Waals surface area contributed by atoms with E-state index in [1.807, 2.05) is 0 Å². The number of hydrogen-bond donors (Lipinski definition) is 0. The fraction of sp³-hybridized carbons (Fsp3) is 0.273. The lowest BCUT2D eigenvalue weighted by Gasteiger charge is -2.06. The van der Waals surface area contributed by atoms with Crippen LogP contribution in [0.3, 0.4) is 0 Å². The molecule has 3 nitrogen and oxygen atoms in total. The third-order valence-corrected chi connectivity index (χ3v) is 2.15. The van der Waals surface area contributed by atoms with Crippen LogP contribution >= 0.6 is 11.6 Å². The first kappa shape index (κ1) is 11.7. The zero-order valence-corrected chi connectivity index (χ0v) is 9.30. The topological polar surface area (TPSA) is 43.4 Å². The van der Waals surface area contributed by atoms with Crippen molar-refractivity contribution in [3.05, 3.63) is 34.3 Å². The fourth-order valence-electron chi connectivity index (χ4n) is 1.29. The predicted molar refractivity (Wildman–Crippen MR) is 57.2 cm³/mol. The van der Waals surface area contributed by atoms with Gasteiger partial charge in [-0.1, -0.05) is 11.6 Å². The van der Waals surface area contributed by atoms with Gasteiger partial charge in [-0.2, -0.15) is 0 Å². The van der Waals surface area contributed by atoms with Gasteiger partial charge < -0.3 is 4.74 Å². The van der Waals surface area contributed by atoms with Crippen LogP contribution in [0, 0.1) is 0 Å². The molecule has 0 saturated carbocycles. The first-order valence-corrected chi connectivity index (χ1v) is 4.78. The van der Waals surface area contributed by atoms with Crippen LogP contribution in [0.1, 0.15) is 22.8 Å². The number of Topliss-reactive ketones (excluding diaryl/α,β-unsaturated/α-hetero) is 1. The Labute approximate surface area is 93.0 Å². The van der Waals surface area contributed by atoms with Gasteiger partial charge in [0.2, 0.25) is 0 Å². The molecule has 0 aromatic heterocycles. The molecule has 0 spiro atoms. The normalized spacial score (nSPS) is 9.80. The Morgan fingerprint density at radius 3 is 2.60 bits per heavy atom. The minimum Gasteiger partial charge on any atom is -0.465 e. The summed E-state index contributed by atoms with van der Waals surface area (Å²) in [6, 6.07) is 4.76. The molecular weight excluding hydrogens is 216 g/mol. The molecule has 0 heterocycles. The smallest absolute Gasteiger partial charge is 0.338 e. The van der Waals surface area contributed by atoms with Gasteiger partial charge in [-0.05, 0) is 30.7 Å². The predicted octanol–water partition coefficient (Wildman–Crippen LogP) is 2.26. The van der Waals surface area contributed by atoms with Crippen molar-refractivity contribution in [1.82, 2.24) is 0 Å². The molecule has 4 heteroatoms. The number of esters is 1. The first-order valence-electron chi connectivity index (χ1n) is 4.40. The second-order valence-corrected chi connectivity index (χ2v) is 3.61. The first-order chi connectivity index (χ1) is 7.04. The number of carbonyl (C=O) groups is 2. The summed E-state index contributed by atoms with van der Waals surface area (Å²) in [4.78, 5) is 22.3. The van der Waals surface area contributed by atoms with Gasteiger partial charge in [0.05, 0.1) is 12.7 Å². The number of halogens is 1. The van der Waals surface area contributed by atoms with Crippen LogP contribution in [-0.4, -0.2) is 18.9 Å². The zero-order chi connectivity index (χ0) is 11.4. The van der Waals surface area contributed by atoms with Crippen molar-refractivity contribution < 1.29 is 14.3 Å². The maximum absolute atomic E-state index is 11.4. The maximum atomic E-state index is 11.4. The maximum Gasteiger partial charge on any atom is 0.338 e. The van der Waals surface area contributed by atoms with Crippen LogP contribution in [0.15, 0.2) is 18.2 Å². The molecule has 1 aromatic carbocycles. The molecule has 0 atom stereocenters. The molecule has 0 aliphatic rings. The standard InChI is InChI=1S/C11H11ClO3/c1-7(13)5-8-6-9(12)3-4-10(8)11(14)15-2/h3-4,6H,5H2,1-2H3. The second kappa shape index (κ2) is 4.94. The van der Waals surface area contributed by atoms with Crippen molar-refractivity contribution in [3.63, 3.8) is 0 Å². The molecular formula is C11H11ClO3. The SMILES string of the molecule is COC(=O)c1ccc(Cl)cc1CC(C)=O. The lowest BCUT2D eigenvalue weighted by atomic mass is 10.0. The van der Waals surface area contributed by atoms with Crippen molar-refractivity contribution in [2.24, 2.45) is 0 Å². The molecule has 0 aliphatic carbocycles. The number of rotatable bonds is 3. The number of carbonyl (C=O) groups excluding carboxylic acids is 2. The van der Waals surface area contributed by atoms with E-state index >= 15 is 0 Å². The molecule has 0 N–H and O–H groups in total. The molecule has 0 aliphatic heterocycles. The second-order valence-electron chi connectivity index (χ2n) is 3.17. The fourth-order valence-corrected chi connectivity index (χ4v) is 1.48. The highest BCUT2D eigenvalue weighted by molar-refractivity contribution is 6.30. The molecule has 0 radical (unpaired) electrons. The van der Waals surface area contributed by atoms with E-state index in [1.165, 1.54) is 14.0 Å². The van der Waals surface area contributed by atoms with Crippen molar-refractivity contribution in [2.45, 2.75) is 13.3 Å². The van der Waals surface area contributed by atoms with E-state index in [1.54, 1.807) is 18.2 Å². The summed E-state index contributed by atoms with van der Waals surface area (Å²) in [5.74, 6) is -0.481. The Morgan fingerprint density at radius 1 is 1.40 bits per heavy atom. The van der Waals surface area contributed by atoms with Crippen molar-refractivity contribution >= 4 is 23.4 Å². The van der Waals surface area contributed by atoms with Crippen LogP contribution in [-0.2, 0) is 16.0 Å². The van der Waals surface area contributed by atoms with Crippen LogP contribution < -0.4 is 0 Å². The van der Waals surface area contributed by atoms with Gasteiger partial charge in [0.1, 0.15) is 5.78 Å². The summed E-state index contributed by atoms with van der Waals surface area (Å²) >= 11 is 5.78. The van der Waals surface area contributed by atoms with E-state index in [4.69, 9.17) is 11.6 Å². The van der Waals surface area contributed by atoms with Crippen LogP contribution in [0.2, 0.25) is 5.02 Å². The summed E-state index contributed by atoms with van der Waals surface area (Å²) in [5, 5.41) is 0.499. The highest BCUT2D eigenvalue weighted by atomic mass is 35.5. The number of hydrogen-bond acceptors (Lipinski definition) is 3. The molecule has 80 valence electrons. The average Bonchev–Trinajstić information content (AvgIpc) is 2.16. The minimum absolute atomic E-state index is 0.0255. The van der Waals surface area contributed by atoms with Crippen LogP contribution in [0.25, 0.3) is 0 Å². The lowest BCUT2D eigenvalue weighted by Crippen LogP contribution is -2.08.